The van der Waals surface area contributed by atoms with Crippen molar-refractivity contribution in [3.8, 4) is 21.8 Å². The monoisotopic (exact) mass is 416 g/mol. The molecule has 4 rings (SSSR count). The Hall–Kier alpha value is -3.91. The minimum absolute atomic E-state index is 0.0125. The van der Waals surface area contributed by atoms with Crippen LogP contribution in [0.1, 0.15) is 15.9 Å². The Balaban J connectivity index is 1.54. The number of pyridine rings is 1. The summed E-state index contributed by atoms with van der Waals surface area (Å²) in [6.07, 6.45) is 3.49. The zero-order valence-electron chi connectivity index (χ0n) is 15.9. The molecule has 2 aromatic heterocycles. The van der Waals surface area contributed by atoms with Crippen molar-refractivity contribution < 1.29 is 9.72 Å². The van der Waals surface area contributed by atoms with Crippen molar-refractivity contribution in [1.29, 1.82) is 0 Å². The van der Waals surface area contributed by atoms with E-state index in [-0.39, 0.29) is 11.6 Å². The highest BCUT2D eigenvalue weighted by molar-refractivity contribution is 7.13. The minimum Gasteiger partial charge on any atom is -0.322 e. The van der Waals surface area contributed by atoms with Gasteiger partial charge < -0.3 is 5.32 Å². The van der Waals surface area contributed by atoms with Crippen molar-refractivity contribution in [3.63, 3.8) is 0 Å². The quantitative estimate of drug-likeness (QED) is 0.350. The maximum Gasteiger partial charge on any atom is 0.272 e. The Morgan fingerprint density at radius 2 is 1.93 bits per heavy atom. The van der Waals surface area contributed by atoms with E-state index >= 15 is 0 Å². The van der Waals surface area contributed by atoms with Gasteiger partial charge in [0, 0.05) is 51.8 Å². The fourth-order valence-corrected chi connectivity index (χ4v) is 3.81. The molecule has 2 aromatic carbocycles. The molecule has 7 nitrogen and oxygen atoms in total. The number of aryl methyl sites for hydroxylation is 1. The standard InChI is InChI=1S/C22H16N4O3S/c1-14-10-16(7-8-20(14)26(28)29)21(27)24-18-6-2-4-15(11-18)19-13-30-22(25-19)17-5-3-9-23-12-17/h2-13H,1H3,(H,24,27). The number of aromatic nitrogens is 2. The van der Waals surface area contributed by atoms with Gasteiger partial charge in [-0.2, -0.15) is 0 Å². The van der Waals surface area contributed by atoms with Crippen molar-refractivity contribution in [2.45, 2.75) is 6.92 Å². The Morgan fingerprint density at radius 3 is 2.67 bits per heavy atom. The Morgan fingerprint density at radius 1 is 1.10 bits per heavy atom. The summed E-state index contributed by atoms with van der Waals surface area (Å²) in [7, 11) is 0. The summed E-state index contributed by atoms with van der Waals surface area (Å²) < 4.78 is 0. The number of carbonyl (C=O) groups excluding carboxylic acids is 1. The van der Waals surface area contributed by atoms with Crippen molar-refractivity contribution in [2.24, 2.45) is 0 Å². The molecule has 0 spiro atoms. The van der Waals surface area contributed by atoms with Crippen molar-refractivity contribution in [2.75, 3.05) is 5.32 Å². The zero-order valence-corrected chi connectivity index (χ0v) is 16.7. The van der Waals surface area contributed by atoms with Crippen LogP contribution in [0.5, 0.6) is 0 Å². The van der Waals surface area contributed by atoms with Crippen molar-refractivity contribution >= 4 is 28.6 Å². The molecule has 0 saturated heterocycles. The van der Waals surface area contributed by atoms with Crippen LogP contribution in [0.15, 0.2) is 72.4 Å². The van der Waals surface area contributed by atoms with Crippen molar-refractivity contribution in [1.82, 2.24) is 9.97 Å². The van der Waals surface area contributed by atoms with E-state index in [0.717, 1.165) is 21.8 Å². The first-order valence-electron chi connectivity index (χ1n) is 9.04. The number of nitro groups is 1. The predicted molar refractivity (Wildman–Crippen MR) is 117 cm³/mol. The van der Waals surface area contributed by atoms with Gasteiger partial charge in [0.1, 0.15) is 5.01 Å². The number of benzene rings is 2. The molecule has 8 heteroatoms. The lowest BCUT2D eigenvalue weighted by atomic mass is 10.1. The number of carbonyl (C=O) groups is 1. The van der Waals surface area contributed by atoms with Crippen LogP contribution in [0.2, 0.25) is 0 Å². The number of nitrogens with one attached hydrogen (secondary N) is 1. The molecular weight excluding hydrogens is 400 g/mol. The Labute approximate surface area is 176 Å². The second kappa shape index (κ2) is 8.22. The number of nitrogens with zero attached hydrogens (tertiary/aromatic N) is 3. The van der Waals surface area contributed by atoms with E-state index in [4.69, 9.17) is 0 Å². The van der Waals surface area contributed by atoms with Crippen LogP contribution in [0.4, 0.5) is 11.4 Å². The van der Waals surface area contributed by atoms with E-state index in [9.17, 15) is 14.9 Å². The van der Waals surface area contributed by atoms with Crippen LogP contribution in [0.25, 0.3) is 21.8 Å². The number of hydrogen-bond acceptors (Lipinski definition) is 6. The highest BCUT2D eigenvalue weighted by Gasteiger charge is 2.14. The highest BCUT2D eigenvalue weighted by Crippen LogP contribution is 2.29. The number of nitro benzene ring substituents is 1. The van der Waals surface area contributed by atoms with Crippen LogP contribution < -0.4 is 5.32 Å². The number of hydrogen-bond donors (Lipinski definition) is 1. The van der Waals surface area contributed by atoms with Crippen molar-refractivity contribution in [3.05, 3.63) is 93.6 Å². The third kappa shape index (κ3) is 4.08. The van der Waals surface area contributed by atoms with E-state index in [2.05, 4.69) is 15.3 Å². The van der Waals surface area contributed by atoms with Crippen LogP contribution in [0, 0.1) is 17.0 Å². The second-order valence-electron chi connectivity index (χ2n) is 6.57. The fraction of sp³-hybridized carbons (Fsp3) is 0.0455. The molecule has 4 aromatic rings. The predicted octanol–water partition coefficient (Wildman–Crippen LogP) is 5.34. The molecule has 0 saturated carbocycles. The first-order chi connectivity index (χ1) is 14.5. The lowest BCUT2D eigenvalue weighted by molar-refractivity contribution is -0.385. The third-order valence-electron chi connectivity index (χ3n) is 4.48. The van der Waals surface area contributed by atoms with E-state index in [1.54, 1.807) is 25.4 Å². The maximum atomic E-state index is 12.6. The molecular formula is C22H16N4O3S. The maximum absolute atomic E-state index is 12.6. The molecule has 0 aliphatic rings. The topological polar surface area (TPSA) is 98.0 Å². The first kappa shape index (κ1) is 19.4. The average molecular weight is 416 g/mol. The van der Waals surface area contributed by atoms with E-state index in [1.165, 1.54) is 29.5 Å². The van der Waals surface area contributed by atoms with Crippen LogP contribution in [-0.4, -0.2) is 20.8 Å². The largest absolute Gasteiger partial charge is 0.322 e. The molecule has 0 fully saturated rings. The van der Waals surface area contributed by atoms with Gasteiger partial charge in [-0.05, 0) is 43.3 Å². The number of anilines is 1. The molecule has 0 aliphatic heterocycles. The van der Waals surface area contributed by atoms with Gasteiger partial charge in [-0.1, -0.05) is 12.1 Å². The Kier molecular flexibility index (Phi) is 5.32. The van der Waals surface area contributed by atoms with Gasteiger partial charge in [-0.15, -0.1) is 11.3 Å². The molecule has 0 radical (unpaired) electrons. The molecule has 0 unspecified atom stereocenters. The summed E-state index contributed by atoms with van der Waals surface area (Å²) in [5.41, 5.74) is 4.03. The summed E-state index contributed by atoms with van der Waals surface area (Å²) >= 11 is 1.53. The number of amides is 1. The van der Waals surface area contributed by atoms with Gasteiger partial charge in [0.2, 0.25) is 0 Å². The molecule has 0 aliphatic carbocycles. The van der Waals surface area contributed by atoms with Gasteiger partial charge in [0.05, 0.1) is 10.6 Å². The summed E-state index contributed by atoms with van der Waals surface area (Å²) in [6.45, 7) is 1.61. The summed E-state index contributed by atoms with van der Waals surface area (Å²) in [5, 5.41) is 16.6. The molecule has 1 amide bonds. The van der Waals surface area contributed by atoms with E-state index in [0.29, 0.717) is 16.8 Å². The SMILES string of the molecule is Cc1cc(C(=O)Nc2cccc(-c3csc(-c4cccnc4)n3)c2)ccc1[N+](=O)[O-]. The fourth-order valence-electron chi connectivity index (χ4n) is 2.99. The third-order valence-corrected chi connectivity index (χ3v) is 5.38. The summed E-state index contributed by atoms with van der Waals surface area (Å²) in [5.74, 6) is -0.334. The normalized spacial score (nSPS) is 10.6. The smallest absolute Gasteiger partial charge is 0.272 e. The van der Waals surface area contributed by atoms with Crippen LogP contribution >= 0.6 is 11.3 Å². The molecule has 148 valence electrons. The van der Waals surface area contributed by atoms with Crippen LogP contribution in [0.3, 0.4) is 0 Å². The molecule has 0 atom stereocenters. The number of thiazole rings is 1. The highest BCUT2D eigenvalue weighted by atomic mass is 32.1. The van der Waals surface area contributed by atoms with Gasteiger partial charge in [0.25, 0.3) is 11.6 Å². The lowest BCUT2D eigenvalue weighted by Gasteiger charge is -2.07. The van der Waals surface area contributed by atoms with E-state index in [1.807, 2.05) is 35.7 Å². The molecule has 0 bridgehead atoms. The lowest BCUT2D eigenvalue weighted by Crippen LogP contribution is -2.12. The van der Waals surface area contributed by atoms with E-state index < -0.39 is 4.92 Å². The average Bonchev–Trinajstić information content (AvgIpc) is 3.24. The Bertz CT molecular complexity index is 1240. The van der Waals surface area contributed by atoms with Crippen LogP contribution in [-0.2, 0) is 0 Å². The van der Waals surface area contributed by atoms with Gasteiger partial charge in [-0.25, -0.2) is 4.98 Å². The molecule has 30 heavy (non-hydrogen) atoms. The second-order valence-corrected chi connectivity index (χ2v) is 7.43. The minimum atomic E-state index is -0.464. The summed E-state index contributed by atoms with van der Waals surface area (Å²) in [6, 6.07) is 15.5. The number of rotatable bonds is 5. The molecule has 1 N–H and O–H groups in total. The van der Waals surface area contributed by atoms with Gasteiger partial charge in [0.15, 0.2) is 0 Å². The zero-order chi connectivity index (χ0) is 21.1. The van der Waals surface area contributed by atoms with Gasteiger partial charge in [-0.3, -0.25) is 19.9 Å². The first-order valence-corrected chi connectivity index (χ1v) is 9.92. The molecule has 2 heterocycles. The summed E-state index contributed by atoms with van der Waals surface area (Å²) in [4.78, 5) is 31.9. The van der Waals surface area contributed by atoms with Gasteiger partial charge >= 0.3 is 0 Å².